The van der Waals surface area contributed by atoms with Gasteiger partial charge < -0.3 is 4.57 Å². The zero-order valence-electron chi connectivity index (χ0n) is 14.1. The number of hydrogen-bond acceptors (Lipinski definition) is 4. The molecule has 7 heteroatoms. The van der Waals surface area contributed by atoms with E-state index in [0.717, 1.165) is 5.56 Å². The number of fused-ring (bicyclic) bond motifs is 5. The third-order valence-corrected chi connectivity index (χ3v) is 5.48. The SMILES string of the molecule is CC[C]1C(=O)C(=O)c2c1cc1n(c2=O)Cc2cc3cc(F)c(Cl)cc3nc2-1. The van der Waals surface area contributed by atoms with Crippen LogP contribution in [-0.4, -0.2) is 21.1 Å². The second kappa shape index (κ2) is 5.33. The lowest BCUT2D eigenvalue weighted by atomic mass is 9.97. The smallest absolute Gasteiger partial charge is 0.263 e. The molecule has 1 radical (unpaired) electrons. The van der Waals surface area contributed by atoms with Gasteiger partial charge in [0.25, 0.3) is 5.56 Å². The molecule has 133 valence electrons. The van der Waals surface area contributed by atoms with Gasteiger partial charge in [-0.2, -0.15) is 0 Å². The van der Waals surface area contributed by atoms with E-state index in [1.165, 1.54) is 16.7 Å². The number of hydrogen-bond donors (Lipinski definition) is 0. The minimum Gasteiger partial charge on any atom is -0.302 e. The lowest BCUT2D eigenvalue weighted by molar-refractivity contribution is -0.112. The third-order valence-electron chi connectivity index (χ3n) is 5.19. The number of nitrogens with zero attached hydrogens (tertiary/aromatic N) is 2. The molecule has 0 saturated carbocycles. The number of pyridine rings is 2. The van der Waals surface area contributed by atoms with Crippen LogP contribution in [0.25, 0.3) is 22.3 Å². The number of carbonyl (C=O) groups excluding carboxylic acids is 2. The molecule has 2 aliphatic rings. The number of ketones is 2. The Hall–Kier alpha value is -2.86. The average Bonchev–Trinajstić information content (AvgIpc) is 3.10. The van der Waals surface area contributed by atoms with Crippen LogP contribution in [0.5, 0.6) is 0 Å². The third kappa shape index (κ3) is 2.04. The molecule has 0 saturated heterocycles. The van der Waals surface area contributed by atoms with E-state index >= 15 is 0 Å². The molecule has 1 aromatic carbocycles. The summed E-state index contributed by atoms with van der Waals surface area (Å²) in [6.07, 6.45) is 0.368. The summed E-state index contributed by atoms with van der Waals surface area (Å²) in [5.74, 6) is -1.54. The van der Waals surface area contributed by atoms with Crippen molar-refractivity contribution in [3.63, 3.8) is 0 Å². The summed E-state index contributed by atoms with van der Waals surface area (Å²) < 4.78 is 15.2. The maximum absolute atomic E-state index is 13.8. The Morgan fingerprint density at radius 1 is 1.15 bits per heavy atom. The first-order chi connectivity index (χ1) is 12.9. The topological polar surface area (TPSA) is 69.0 Å². The molecule has 0 fully saturated rings. The van der Waals surface area contributed by atoms with Gasteiger partial charge in [-0.05, 0) is 36.2 Å². The van der Waals surface area contributed by atoms with Crippen molar-refractivity contribution in [3.05, 3.63) is 68.1 Å². The van der Waals surface area contributed by atoms with Gasteiger partial charge in [-0.15, -0.1) is 0 Å². The summed E-state index contributed by atoms with van der Waals surface area (Å²) >= 11 is 5.86. The molecule has 0 spiro atoms. The van der Waals surface area contributed by atoms with Crippen molar-refractivity contribution < 1.29 is 14.0 Å². The second-order valence-electron chi connectivity index (χ2n) is 6.66. The quantitative estimate of drug-likeness (QED) is 0.474. The maximum atomic E-state index is 13.8. The molecule has 0 unspecified atom stereocenters. The van der Waals surface area contributed by atoms with Gasteiger partial charge >= 0.3 is 0 Å². The number of halogens is 2. The van der Waals surface area contributed by atoms with Crippen LogP contribution in [0.1, 0.15) is 34.8 Å². The fourth-order valence-corrected chi connectivity index (χ4v) is 4.06. The van der Waals surface area contributed by atoms with E-state index in [1.807, 2.05) is 0 Å². The van der Waals surface area contributed by atoms with Crippen molar-refractivity contribution in [2.75, 3.05) is 0 Å². The molecule has 3 aromatic rings. The summed E-state index contributed by atoms with van der Waals surface area (Å²) in [6, 6.07) is 6.21. The number of benzene rings is 1. The summed E-state index contributed by atoms with van der Waals surface area (Å²) in [4.78, 5) is 41.9. The van der Waals surface area contributed by atoms with Gasteiger partial charge in [-0.1, -0.05) is 18.5 Å². The highest BCUT2D eigenvalue weighted by atomic mass is 35.5. The summed E-state index contributed by atoms with van der Waals surface area (Å²) in [6.45, 7) is 1.99. The van der Waals surface area contributed by atoms with Crippen molar-refractivity contribution in [1.82, 2.24) is 9.55 Å². The zero-order chi connectivity index (χ0) is 19.0. The van der Waals surface area contributed by atoms with Gasteiger partial charge in [-0.3, -0.25) is 14.4 Å². The molecule has 2 aromatic heterocycles. The molecule has 0 atom stereocenters. The summed E-state index contributed by atoms with van der Waals surface area (Å²) in [5.41, 5.74) is 2.23. The summed E-state index contributed by atoms with van der Waals surface area (Å²) in [5, 5.41) is 0.549. The Morgan fingerprint density at radius 3 is 2.67 bits per heavy atom. The molecular formula is C20H11ClFN2O3. The monoisotopic (exact) mass is 381 g/mol. The van der Waals surface area contributed by atoms with Gasteiger partial charge in [0.05, 0.1) is 40.0 Å². The average molecular weight is 382 g/mol. The fraction of sp³-hybridized carbons (Fsp3) is 0.150. The Balaban J connectivity index is 1.80. The standard InChI is InChI=1S/C20H11ClFN2O3/c1-2-10-11-5-15-17-9(3-8-4-13(22)12(21)6-14(8)23-17)7-24(15)20(27)16(11)19(26)18(10)25/h3-6H,2,7H2,1H3. The van der Waals surface area contributed by atoms with Crippen LogP contribution in [-0.2, 0) is 11.3 Å². The molecule has 3 heterocycles. The van der Waals surface area contributed by atoms with Gasteiger partial charge in [0.15, 0.2) is 0 Å². The van der Waals surface area contributed by atoms with E-state index < -0.39 is 22.9 Å². The Labute approximate surface area is 157 Å². The first kappa shape index (κ1) is 16.3. The Kier molecular flexibility index (Phi) is 3.22. The largest absolute Gasteiger partial charge is 0.302 e. The van der Waals surface area contributed by atoms with E-state index in [2.05, 4.69) is 4.98 Å². The van der Waals surface area contributed by atoms with Crippen molar-refractivity contribution in [1.29, 1.82) is 0 Å². The second-order valence-corrected chi connectivity index (χ2v) is 7.06. The van der Waals surface area contributed by atoms with E-state index in [0.29, 0.717) is 40.2 Å². The molecule has 5 rings (SSSR count). The normalized spacial score (nSPS) is 15.4. The maximum Gasteiger partial charge on any atom is 0.263 e. The first-order valence-electron chi connectivity index (χ1n) is 8.42. The lowest BCUT2D eigenvalue weighted by Gasteiger charge is -2.09. The molecule has 0 amide bonds. The molecule has 1 aliphatic heterocycles. The van der Waals surface area contributed by atoms with Crippen molar-refractivity contribution in [3.8, 4) is 11.4 Å². The highest BCUT2D eigenvalue weighted by Crippen LogP contribution is 2.37. The molecule has 0 N–H and O–H groups in total. The van der Waals surface area contributed by atoms with Gasteiger partial charge in [0.1, 0.15) is 5.82 Å². The molecule has 27 heavy (non-hydrogen) atoms. The number of rotatable bonds is 1. The summed E-state index contributed by atoms with van der Waals surface area (Å²) in [7, 11) is 0. The minimum absolute atomic E-state index is 0.0305. The Morgan fingerprint density at radius 2 is 1.93 bits per heavy atom. The fourth-order valence-electron chi connectivity index (χ4n) is 3.91. The Bertz CT molecular complexity index is 1280. The highest BCUT2D eigenvalue weighted by molar-refractivity contribution is 6.52. The molecule has 1 aliphatic carbocycles. The zero-order valence-corrected chi connectivity index (χ0v) is 14.9. The van der Waals surface area contributed by atoms with Crippen LogP contribution in [0.2, 0.25) is 5.02 Å². The highest BCUT2D eigenvalue weighted by Gasteiger charge is 2.42. The van der Waals surface area contributed by atoms with E-state index in [9.17, 15) is 18.8 Å². The van der Waals surface area contributed by atoms with E-state index in [4.69, 9.17) is 11.6 Å². The van der Waals surface area contributed by atoms with Crippen molar-refractivity contribution in [2.24, 2.45) is 0 Å². The molecule has 0 bridgehead atoms. The van der Waals surface area contributed by atoms with Crippen molar-refractivity contribution >= 4 is 34.1 Å². The molecular weight excluding hydrogens is 371 g/mol. The lowest BCUT2D eigenvalue weighted by Crippen LogP contribution is -2.26. The molecule has 5 nitrogen and oxygen atoms in total. The minimum atomic E-state index is -0.745. The predicted molar refractivity (Wildman–Crippen MR) is 97.5 cm³/mol. The van der Waals surface area contributed by atoms with Gasteiger partial charge in [0, 0.05) is 10.9 Å². The van der Waals surface area contributed by atoms with E-state index in [1.54, 1.807) is 19.1 Å². The van der Waals surface area contributed by atoms with Gasteiger partial charge in [0.2, 0.25) is 11.6 Å². The number of carbonyl (C=O) groups is 2. The first-order valence-corrected chi connectivity index (χ1v) is 8.80. The van der Waals surface area contributed by atoms with E-state index in [-0.39, 0.29) is 17.1 Å². The number of aromatic nitrogens is 2. The van der Waals surface area contributed by atoms with Crippen LogP contribution in [0.3, 0.4) is 0 Å². The van der Waals surface area contributed by atoms with Crippen LogP contribution in [0, 0.1) is 11.7 Å². The van der Waals surface area contributed by atoms with Gasteiger partial charge in [-0.25, -0.2) is 9.37 Å². The van der Waals surface area contributed by atoms with Crippen LogP contribution in [0.15, 0.2) is 29.1 Å². The van der Waals surface area contributed by atoms with Crippen LogP contribution in [0.4, 0.5) is 4.39 Å². The van der Waals surface area contributed by atoms with Crippen molar-refractivity contribution in [2.45, 2.75) is 19.9 Å². The van der Waals surface area contributed by atoms with Crippen LogP contribution < -0.4 is 5.56 Å². The van der Waals surface area contributed by atoms with Crippen LogP contribution >= 0.6 is 11.6 Å². The number of Topliss-reactive ketones (excluding diaryl/α,β-unsaturated/α-hetero) is 2. The predicted octanol–water partition coefficient (Wildman–Crippen LogP) is 3.32.